The van der Waals surface area contributed by atoms with Crippen molar-refractivity contribution in [2.45, 2.75) is 31.8 Å². The standard InChI is InChI=1S/C25H28N2O5/c1-26-9-11-27(12-10-26)17-6-4-5-16(13-17)22-15-20(29)23-19(28)14-21(30)24(25(23)32-22)31-18-7-2-3-8-18/h4-6,13-15,18,28,30H,2-3,7-12H2,1H3. The van der Waals surface area contributed by atoms with Crippen LogP contribution in [0.5, 0.6) is 17.2 Å². The SMILES string of the molecule is CN1CCN(c2cccc(-c3cc(=O)c4c(O)cc(O)c(OC5CCCC5)c4o3)c2)CC1. The number of likely N-dealkylation sites (N-methyl/N-ethyl adjacent to an activating group) is 1. The fourth-order valence-corrected chi connectivity index (χ4v) is 4.63. The van der Waals surface area contributed by atoms with Gasteiger partial charge in [0, 0.05) is 49.6 Å². The zero-order valence-corrected chi connectivity index (χ0v) is 18.2. The van der Waals surface area contributed by atoms with Crippen molar-refractivity contribution < 1.29 is 19.4 Å². The molecule has 2 heterocycles. The van der Waals surface area contributed by atoms with Crippen LogP contribution in [0.15, 0.2) is 45.6 Å². The van der Waals surface area contributed by atoms with Gasteiger partial charge in [0.15, 0.2) is 16.8 Å². The second-order valence-electron chi connectivity index (χ2n) is 8.79. The van der Waals surface area contributed by atoms with E-state index >= 15 is 0 Å². The van der Waals surface area contributed by atoms with Crippen molar-refractivity contribution in [1.82, 2.24) is 4.90 Å². The van der Waals surface area contributed by atoms with Gasteiger partial charge in [-0.15, -0.1) is 0 Å². The Morgan fingerprint density at radius 1 is 1.00 bits per heavy atom. The van der Waals surface area contributed by atoms with Gasteiger partial charge in [-0.05, 0) is 44.9 Å². The molecular weight excluding hydrogens is 408 g/mol. The van der Waals surface area contributed by atoms with Crippen molar-refractivity contribution in [2.75, 3.05) is 38.1 Å². The summed E-state index contributed by atoms with van der Waals surface area (Å²) >= 11 is 0. The van der Waals surface area contributed by atoms with E-state index in [1.165, 1.54) is 6.07 Å². The second-order valence-corrected chi connectivity index (χ2v) is 8.79. The van der Waals surface area contributed by atoms with Crippen LogP contribution in [0.2, 0.25) is 0 Å². The van der Waals surface area contributed by atoms with Gasteiger partial charge in [0.05, 0.1) is 6.10 Å². The molecule has 1 saturated carbocycles. The zero-order valence-electron chi connectivity index (χ0n) is 18.2. The minimum atomic E-state index is -0.375. The molecular formula is C25H28N2O5. The number of anilines is 1. The smallest absolute Gasteiger partial charge is 0.205 e. The van der Waals surface area contributed by atoms with Crippen molar-refractivity contribution in [1.29, 1.82) is 0 Å². The Morgan fingerprint density at radius 3 is 2.50 bits per heavy atom. The maximum atomic E-state index is 12.9. The first kappa shape index (κ1) is 20.7. The molecule has 0 bridgehead atoms. The minimum absolute atomic E-state index is 0.0229. The molecule has 7 nitrogen and oxygen atoms in total. The third-order valence-corrected chi connectivity index (χ3v) is 6.50. The zero-order chi connectivity index (χ0) is 22.2. The molecule has 1 saturated heterocycles. The molecule has 2 aromatic carbocycles. The molecule has 0 unspecified atom stereocenters. The number of fused-ring (bicyclic) bond motifs is 1. The van der Waals surface area contributed by atoms with Crippen LogP contribution in [0.1, 0.15) is 25.7 Å². The molecule has 2 N–H and O–H groups in total. The Hall–Kier alpha value is -3.19. The first-order valence-corrected chi connectivity index (χ1v) is 11.2. The maximum absolute atomic E-state index is 12.9. The third-order valence-electron chi connectivity index (χ3n) is 6.50. The Morgan fingerprint density at radius 2 is 1.75 bits per heavy atom. The van der Waals surface area contributed by atoms with Crippen molar-refractivity contribution in [3.8, 4) is 28.6 Å². The highest BCUT2D eigenvalue weighted by Gasteiger charge is 2.24. The van der Waals surface area contributed by atoms with Crippen molar-refractivity contribution in [2.24, 2.45) is 0 Å². The number of hydrogen-bond donors (Lipinski definition) is 2. The fraction of sp³-hybridized carbons (Fsp3) is 0.400. The molecule has 2 fully saturated rings. The van der Waals surface area contributed by atoms with E-state index < -0.39 is 0 Å². The van der Waals surface area contributed by atoms with Gasteiger partial charge in [-0.3, -0.25) is 4.79 Å². The van der Waals surface area contributed by atoms with Crippen molar-refractivity contribution in [3.05, 3.63) is 46.6 Å². The Labute approximate surface area is 186 Å². The maximum Gasteiger partial charge on any atom is 0.205 e. The lowest BCUT2D eigenvalue weighted by Gasteiger charge is -2.34. The number of aromatic hydroxyl groups is 2. The van der Waals surface area contributed by atoms with Gasteiger partial charge in [0.2, 0.25) is 5.75 Å². The van der Waals surface area contributed by atoms with Gasteiger partial charge in [0.25, 0.3) is 0 Å². The topological polar surface area (TPSA) is 86.4 Å². The molecule has 0 radical (unpaired) electrons. The van der Waals surface area contributed by atoms with Gasteiger partial charge >= 0.3 is 0 Å². The van der Waals surface area contributed by atoms with Crippen LogP contribution in [0.4, 0.5) is 5.69 Å². The number of hydrogen-bond acceptors (Lipinski definition) is 7. The molecule has 1 aromatic heterocycles. The normalized spacial score (nSPS) is 17.8. The Kier molecular flexibility index (Phi) is 5.43. The molecule has 168 valence electrons. The summed E-state index contributed by atoms with van der Waals surface area (Å²) in [5.41, 5.74) is 1.54. The highest BCUT2D eigenvalue weighted by Crippen LogP contribution is 2.42. The first-order valence-electron chi connectivity index (χ1n) is 11.2. The number of ether oxygens (including phenoxy) is 1. The number of phenols is 2. The third kappa shape index (κ3) is 3.88. The summed E-state index contributed by atoms with van der Waals surface area (Å²) in [4.78, 5) is 17.6. The number of nitrogens with zero attached hydrogens (tertiary/aromatic N) is 2. The van der Waals surface area contributed by atoms with Crippen LogP contribution in [0.3, 0.4) is 0 Å². The summed E-state index contributed by atoms with van der Waals surface area (Å²) < 4.78 is 12.2. The van der Waals surface area contributed by atoms with E-state index in [4.69, 9.17) is 9.15 Å². The van der Waals surface area contributed by atoms with E-state index in [1.807, 2.05) is 18.2 Å². The van der Waals surface area contributed by atoms with E-state index in [0.29, 0.717) is 5.76 Å². The lowest BCUT2D eigenvalue weighted by atomic mass is 10.1. The van der Waals surface area contributed by atoms with E-state index in [0.717, 1.165) is 69.2 Å². The van der Waals surface area contributed by atoms with Gasteiger partial charge in [-0.25, -0.2) is 0 Å². The molecule has 7 heteroatoms. The van der Waals surface area contributed by atoms with Crippen molar-refractivity contribution >= 4 is 16.7 Å². The molecule has 0 amide bonds. The lowest BCUT2D eigenvalue weighted by molar-refractivity contribution is 0.201. The molecule has 0 spiro atoms. The van der Waals surface area contributed by atoms with Crippen LogP contribution in [0.25, 0.3) is 22.3 Å². The predicted molar refractivity (Wildman–Crippen MR) is 124 cm³/mol. The van der Waals surface area contributed by atoms with Gasteiger partial charge in [-0.2, -0.15) is 0 Å². The summed E-state index contributed by atoms with van der Waals surface area (Å²) in [6.07, 6.45) is 3.87. The van der Waals surface area contributed by atoms with Gasteiger partial charge in [0.1, 0.15) is 16.9 Å². The molecule has 1 aliphatic heterocycles. The average molecular weight is 437 g/mol. The Bertz CT molecular complexity index is 1190. The minimum Gasteiger partial charge on any atom is -0.507 e. The van der Waals surface area contributed by atoms with Crippen LogP contribution < -0.4 is 15.1 Å². The molecule has 3 aromatic rings. The molecule has 32 heavy (non-hydrogen) atoms. The predicted octanol–water partition coefficient (Wildman–Crippen LogP) is 3.94. The average Bonchev–Trinajstić information content (AvgIpc) is 3.30. The van der Waals surface area contributed by atoms with Crippen LogP contribution >= 0.6 is 0 Å². The quantitative estimate of drug-likeness (QED) is 0.641. The number of benzene rings is 2. The number of piperazine rings is 1. The number of phenolic OH excluding ortho intramolecular Hbond substituents is 2. The molecule has 1 aliphatic carbocycles. The van der Waals surface area contributed by atoms with Crippen LogP contribution in [-0.2, 0) is 0 Å². The van der Waals surface area contributed by atoms with E-state index in [1.54, 1.807) is 0 Å². The van der Waals surface area contributed by atoms with Gasteiger partial charge in [-0.1, -0.05) is 12.1 Å². The Balaban J connectivity index is 1.58. The highest BCUT2D eigenvalue weighted by atomic mass is 16.5. The fourth-order valence-electron chi connectivity index (χ4n) is 4.63. The molecule has 5 rings (SSSR count). The highest BCUT2D eigenvalue weighted by molar-refractivity contribution is 5.91. The van der Waals surface area contributed by atoms with Gasteiger partial charge < -0.3 is 29.2 Å². The van der Waals surface area contributed by atoms with Crippen LogP contribution in [-0.4, -0.2) is 54.4 Å². The summed E-state index contributed by atoms with van der Waals surface area (Å²) in [5.74, 6) is -0.0465. The largest absolute Gasteiger partial charge is 0.507 e. The summed E-state index contributed by atoms with van der Waals surface area (Å²) in [5, 5.41) is 20.8. The molecule has 0 atom stereocenters. The van der Waals surface area contributed by atoms with Crippen LogP contribution in [0, 0.1) is 0 Å². The van der Waals surface area contributed by atoms with E-state index in [-0.39, 0.29) is 39.8 Å². The van der Waals surface area contributed by atoms with Crippen molar-refractivity contribution in [3.63, 3.8) is 0 Å². The summed E-state index contributed by atoms with van der Waals surface area (Å²) in [6, 6.07) is 10.4. The second kappa shape index (κ2) is 8.39. The lowest BCUT2D eigenvalue weighted by Crippen LogP contribution is -2.44. The molecule has 2 aliphatic rings. The van der Waals surface area contributed by atoms with E-state index in [9.17, 15) is 15.0 Å². The first-order chi connectivity index (χ1) is 15.5. The van der Waals surface area contributed by atoms with E-state index in [2.05, 4.69) is 22.9 Å². The summed E-state index contributed by atoms with van der Waals surface area (Å²) in [6.45, 7) is 3.86. The summed E-state index contributed by atoms with van der Waals surface area (Å²) in [7, 11) is 2.12. The monoisotopic (exact) mass is 436 g/mol. The number of rotatable bonds is 4.